The van der Waals surface area contributed by atoms with Gasteiger partial charge in [-0.2, -0.15) is 8.42 Å². The van der Waals surface area contributed by atoms with Crippen LogP contribution in [0.2, 0.25) is 0 Å². The fourth-order valence-corrected chi connectivity index (χ4v) is 1.72. The molecule has 5 heteroatoms. The summed E-state index contributed by atoms with van der Waals surface area (Å²) in [5.74, 6) is 0. The second kappa shape index (κ2) is 5.34. The van der Waals surface area contributed by atoms with E-state index in [0.717, 1.165) is 11.0 Å². The number of pyridine rings is 1. The zero-order valence-electron chi connectivity index (χ0n) is 10.3. The zero-order chi connectivity index (χ0) is 13.9. The van der Waals surface area contributed by atoms with Crippen LogP contribution in [0, 0.1) is 0 Å². The topological polar surface area (TPSA) is 67.3 Å². The van der Waals surface area contributed by atoms with Crippen LogP contribution in [0.1, 0.15) is 0 Å². The van der Waals surface area contributed by atoms with Gasteiger partial charge in [0.25, 0.3) is 10.1 Å². The summed E-state index contributed by atoms with van der Waals surface area (Å²) < 4.78 is 25.9. The van der Waals surface area contributed by atoms with E-state index in [2.05, 4.69) is 23.2 Å². The molecule has 0 aliphatic rings. The molecule has 0 amide bonds. The SMILES string of the molecule is CS(=O)(=O)O.c1ccc2nc3ccccc3cc2c1. The smallest absolute Gasteiger partial charge is 0.261 e. The Balaban J connectivity index is 0.000000232. The van der Waals surface area contributed by atoms with Crippen LogP contribution in [-0.4, -0.2) is 24.2 Å². The number of para-hydroxylation sites is 2. The molecule has 1 heterocycles. The lowest BCUT2D eigenvalue weighted by molar-refractivity contribution is 0.490. The van der Waals surface area contributed by atoms with Crippen LogP contribution in [0.5, 0.6) is 0 Å². The Morgan fingerprint density at radius 2 is 1.26 bits per heavy atom. The van der Waals surface area contributed by atoms with Gasteiger partial charge in [0.2, 0.25) is 0 Å². The Hall–Kier alpha value is -1.98. The van der Waals surface area contributed by atoms with Crippen LogP contribution in [0.4, 0.5) is 0 Å². The molecule has 0 spiro atoms. The average molecular weight is 275 g/mol. The molecule has 1 N–H and O–H groups in total. The van der Waals surface area contributed by atoms with Gasteiger partial charge in [-0.15, -0.1) is 0 Å². The van der Waals surface area contributed by atoms with Gasteiger partial charge in [-0.3, -0.25) is 4.55 Å². The first-order valence-electron chi connectivity index (χ1n) is 5.60. The molecule has 0 atom stereocenters. The minimum Gasteiger partial charge on any atom is -0.286 e. The number of aromatic nitrogens is 1. The molecule has 3 aromatic rings. The van der Waals surface area contributed by atoms with Gasteiger partial charge in [-0.25, -0.2) is 4.98 Å². The van der Waals surface area contributed by atoms with Gasteiger partial charge >= 0.3 is 0 Å². The van der Waals surface area contributed by atoms with Crippen LogP contribution < -0.4 is 0 Å². The van der Waals surface area contributed by atoms with Crippen molar-refractivity contribution in [3.8, 4) is 0 Å². The van der Waals surface area contributed by atoms with Gasteiger partial charge in [-0.05, 0) is 18.2 Å². The molecule has 0 radical (unpaired) electrons. The van der Waals surface area contributed by atoms with E-state index in [-0.39, 0.29) is 0 Å². The Morgan fingerprint density at radius 3 is 1.68 bits per heavy atom. The standard InChI is InChI=1S/C13H9N.CH4O3S/c1-3-7-12-10(5-1)9-11-6-2-4-8-13(11)14-12;1-5(2,3)4/h1-9H;1H3,(H,2,3,4). The fraction of sp³-hybridized carbons (Fsp3) is 0.0714. The quantitative estimate of drug-likeness (QED) is 0.506. The van der Waals surface area contributed by atoms with Crippen LogP contribution in [0.3, 0.4) is 0 Å². The normalized spacial score (nSPS) is 11.1. The van der Waals surface area contributed by atoms with Crippen LogP contribution in [0.15, 0.2) is 54.6 Å². The third kappa shape index (κ3) is 4.01. The maximum Gasteiger partial charge on any atom is 0.261 e. The minimum absolute atomic E-state index is 0.715. The van der Waals surface area contributed by atoms with Crippen molar-refractivity contribution in [1.29, 1.82) is 0 Å². The molecule has 19 heavy (non-hydrogen) atoms. The molecule has 0 saturated carbocycles. The van der Waals surface area contributed by atoms with E-state index in [0.29, 0.717) is 6.26 Å². The summed E-state index contributed by atoms with van der Waals surface area (Å²) in [7, 11) is -3.67. The third-order valence-electron chi connectivity index (χ3n) is 2.43. The monoisotopic (exact) mass is 275 g/mol. The second-order valence-corrected chi connectivity index (χ2v) is 5.57. The highest BCUT2D eigenvalue weighted by Gasteiger charge is 1.96. The summed E-state index contributed by atoms with van der Waals surface area (Å²) in [4.78, 5) is 4.58. The number of fused-ring (bicyclic) bond motifs is 2. The molecule has 3 rings (SSSR count). The Bertz CT molecular complexity index is 700. The van der Waals surface area contributed by atoms with Crippen molar-refractivity contribution in [2.45, 2.75) is 0 Å². The molecule has 1 aromatic heterocycles. The molecular weight excluding hydrogens is 262 g/mol. The number of hydrogen-bond acceptors (Lipinski definition) is 3. The van der Waals surface area contributed by atoms with Crippen molar-refractivity contribution in [3.05, 3.63) is 54.6 Å². The Morgan fingerprint density at radius 1 is 0.895 bits per heavy atom. The molecule has 2 aromatic carbocycles. The first-order valence-corrected chi connectivity index (χ1v) is 7.45. The van der Waals surface area contributed by atoms with Gasteiger partial charge in [0, 0.05) is 10.8 Å². The fourth-order valence-electron chi connectivity index (χ4n) is 1.72. The van der Waals surface area contributed by atoms with E-state index in [1.54, 1.807) is 0 Å². The molecule has 0 aliphatic heterocycles. The summed E-state index contributed by atoms with van der Waals surface area (Å²) in [6, 6.07) is 18.6. The number of hydrogen-bond donors (Lipinski definition) is 1. The van der Waals surface area contributed by atoms with E-state index >= 15 is 0 Å². The average Bonchev–Trinajstić information content (AvgIpc) is 2.34. The van der Waals surface area contributed by atoms with Crippen molar-refractivity contribution in [2.75, 3.05) is 6.26 Å². The van der Waals surface area contributed by atoms with Gasteiger partial charge in [0.05, 0.1) is 17.3 Å². The third-order valence-corrected chi connectivity index (χ3v) is 2.43. The van der Waals surface area contributed by atoms with Gasteiger partial charge in [0.15, 0.2) is 0 Å². The van der Waals surface area contributed by atoms with Crippen molar-refractivity contribution in [2.24, 2.45) is 0 Å². The minimum atomic E-state index is -3.67. The van der Waals surface area contributed by atoms with Crippen molar-refractivity contribution >= 4 is 31.9 Å². The summed E-state index contributed by atoms with van der Waals surface area (Å²) in [6.07, 6.45) is 0.715. The largest absolute Gasteiger partial charge is 0.286 e. The van der Waals surface area contributed by atoms with Crippen LogP contribution >= 0.6 is 0 Å². The lowest BCUT2D eigenvalue weighted by Gasteiger charge is -1.99. The van der Waals surface area contributed by atoms with Gasteiger partial charge in [0.1, 0.15) is 0 Å². The molecule has 4 nitrogen and oxygen atoms in total. The molecular formula is C14H13NO3S. The maximum atomic E-state index is 9.19. The van der Waals surface area contributed by atoms with Crippen molar-refractivity contribution in [1.82, 2.24) is 4.98 Å². The highest BCUT2D eigenvalue weighted by atomic mass is 32.2. The first kappa shape index (κ1) is 13.5. The summed E-state index contributed by atoms with van der Waals surface area (Å²) in [5, 5.41) is 2.40. The Kier molecular flexibility index (Phi) is 3.78. The lowest BCUT2D eigenvalue weighted by Crippen LogP contribution is -1.88. The highest BCUT2D eigenvalue weighted by Crippen LogP contribution is 2.18. The molecule has 0 fully saturated rings. The first-order chi connectivity index (χ1) is 8.93. The highest BCUT2D eigenvalue weighted by molar-refractivity contribution is 7.85. The summed E-state index contributed by atoms with van der Waals surface area (Å²) >= 11 is 0. The van der Waals surface area contributed by atoms with Crippen molar-refractivity contribution < 1.29 is 13.0 Å². The maximum absolute atomic E-state index is 9.19. The zero-order valence-corrected chi connectivity index (χ0v) is 11.1. The molecule has 0 saturated heterocycles. The van der Waals surface area contributed by atoms with Crippen molar-refractivity contribution in [3.63, 3.8) is 0 Å². The predicted molar refractivity (Wildman–Crippen MR) is 76.7 cm³/mol. The van der Waals surface area contributed by atoms with E-state index in [4.69, 9.17) is 4.55 Å². The molecule has 0 bridgehead atoms. The number of nitrogens with zero attached hydrogens (tertiary/aromatic N) is 1. The lowest BCUT2D eigenvalue weighted by atomic mass is 10.1. The summed E-state index contributed by atoms with van der Waals surface area (Å²) in [6.45, 7) is 0. The van der Waals surface area contributed by atoms with E-state index in [1.165, 1.54) is 10.8 Å². The van der Waals surface area contributed by atoms with Crippen LogP contribution in [0.25, 0.3) is 21.8 Å². The van der Waals surface area contributed by atoms with Gasteiger partial charge < -0.3 is 0 Å². The molecule has 0 aliphatic carbocycles. The molecule has 0 unspecified atom stereocenters. The van der Waals surface area contributed by atoms with Gasteiger partial charge in [-0.1, -0.05) is 36.4 Å². The second-order valence-electron chi connectivity index (χ2n) is 4.11. The molecule has 98 valence electrons. The van der Waals surface area contributed by atoms with E-state index in [9.17, 15) is 8.42 Å². The van der Waals surface area contributed by atoms with E-state index in [1.807, 2.05) is 36.4 Å². The number of benzene rings is 2. The Labute approximate surface area is 111 Å². The van der Waals surface area contributed by atoms with E-state index < -0.39 is 10.1 Å². The predicted octanol–water partition coefficient (Wildman–Crippen LogP) is 2.89. The van der Waals surface area contributed by atoms with Crippen LogP contribution in [-0.2, 0) is 10.1 Å². The summed E-state index contributed by atoms with van der Waals surface area (Å²) in [5.41, 5.74) is 2.12. The number of rotatable bonds is 0.